The molecule has 2 saturated carbocycles. The van der Waals surface area contributed by atoms with Gasteiger partial charge in [-0.2, -0.15) is 0 Å². The molecule has 2 fully saturated rings. The molecule has 22 heavy (non-hydrogen) atoms. The molecule has 3 nitrogen and oxygen atoms in total. The van der Waals surface area contributed by atoms with Gasteiger partial charge in [0.15, 0.2) is 0 Å². The molecule has 0 spiro atoms. The summed E-state index contributed by atoms with van der Waals surface area (Å²) in [6.45, 7) is 7.23. The first-order valence-corrected chi connectivity index (χ1v) is 8.86. The van der Waals surface area contributed by atoms with Crippen LogP contribution in [0.2, 0.25) is 0 Å². The molecule has 0 aromatic heterocycles. The van der Waals surface area contributed by atoms with Gasteiger partial charge >= 0.3 is 5.97 Å². The van der Waals surface area contributed by atoms with E-state index >= 15 is 0 Å². The summed E-state index contributed by atoms with van der Waals surface area (Å²) in [7, 11) is 0. The van der Waals surface area contributed by atoms with Crippen molar-refractivity contribution in [3.63, 3.8) is 0 Å². The lowest BCUT2D eigenvalue weighted by atomic mass is 9.45. The molecule has 0 aromatic carbocycles. The Bertz CT molecular complexity index is 493. The van der Waals surface area contributed by atoms with Crippen LogP contribution >= 0.6 is 0 Å². The molecule has 0 saturated heterocycles. The Hall–Kier alpha value is -0.830. The third-order valence-electron chi connectivity index (χ3n) is 7.24. The Morgan fingerprint density at radius 3 is 2.64 bits per heavy atom. The standard InChI is InChI=1S/C19H30O3/c1-18(2)9-4-10-19(3)14-7-5-12(17(21)22)11-15(20)13(14)6-8-16(18)19/h5,13-16,20H,4,6-11H2,1-3H3,(H,21,22). The van der Waals surface area contributed by atoms with Gasteiger partial charge in [-0.1, -0.05) is 33.3 Å². The fourth-order valence-corrected chi connectivity index (χ4v) is 6.19. The minimum absolute atomic E-state index is 0.246. The predicted octanol–water partition coefficient (Wildman–Crippen LogP) is 4.01. The fraction of sp³-hybridized carbons (Fsp3) is 0.842. The van der Waals surface area contributed by atoms with Crippen LogP contribution in [0.4, 0.5) is 0 Å². The quantitative estimate of drug-likeness (QED) is 0.769. The normalized spacial score (nSPS) is 44.3. The zero-order valence-electron chi connectivity index (χ0n) is 14.1. The average Bonchev–Trinajstić information content (AvgIpc) is 2.58. The van der Waals surface area contributed by atoms with Crippen molar-refractivity contribution in [1.29, 1.82) is 0 Å². The van der Waals surface area contributed by atoms with Crippen LogP contribution in [-0.4, -0.2) is 22.3 Å². The van der Waals surface area contributed by atoms with Crippen LogP contribution < -0.4 is 0 Å². The molecule has 5 unspecified atom stereocenters. The number of aliphatic hydroxyl groups excluding tert-OH is 1. The second-order valence-electron chi connectivity index (χ2n) is 8.79. The van der Waals surface area contributed by atoms with E-state index in [0.29, 0.717) is 29.2 Å². The number of aliphatic carboxylic acids is 1. The summed E-state index contributed by atoms with van der Waals surface area (Å²) in [4.78, 5) is 11.3. The average molecular weight is 306 g/mol. The van der Waals surface area contributed by atoms with Crippen LogP contribution in [0.3, 0.4) is 0 Å². The predicted molar refractivity (Wildman–Crippen MR) is 86.4 cm³/mol. The Morgan fingerprint density at radius 1 is 1.23 bits per heavy atom. The van der Waals surface area contributed by atoms with Crippen LogP contribution in [0.25, 0.3) is 0 Å². The number of aliphatic hydroxyl groups is 1. The van der Waals surface area contributed by atoms with Gasteiger partial charge in [0.05, 0.1) is 6.10 Å². The van der Waals surface area contributed by atoms with Crippen molar-refractivity contribution in [3.05, 3.63) is 11.6 Å². The molecule has 0 aromatic rings. The Kier molecular flexibility index (Phi) is 3.91. The molecule has 0 bridgehead atoms. The Balaban J connectivity index is 1.95. The summed E-state index contributed by atoms with van der Waals surface area (Å²) in [6.07, 6.45) is 8.58. The van der Waals surface area contributed by atoms with Gasteiger partial charge in [0.2, 0.25) is 0 Å². The molecule has 0 aliphatic heterocycles. The maximum atomic E-state index is 11.3. The van der Waals surface area contributed by atoms with Crippen LogP contribution in [-0.2, 0) is 4.79 Å². The van der Waals surface area contributed by atoms with Crippen molar-refractivity contribution in [2.75, 3.05) is 0 Å². The first-order valence-electron chi connectivity index (χ1n) is 8.86. The molecular formula is C19H30O3. The number of hydrogen-bond donors (Lipinski definition) is 2. The van der Waals surface area contributed by atoms with Gasteiger partial charge in [0, 0.05) is 12.0 Å². The number of carboxylic acids is 1. The van der Waals surface area contributed by atoms with Crippen molar-refractivity contribution in [2.45, 2.75) is 71.8 Å². The maximum absolute atomic E-state index is 11.3. The van der Waals surface area contributed by atoms with E-state index in [0.717, 1.165) is 12.8 Å². The van der Waals surface area contributed by atoms with Gasteiger partial charge in [0.1, 0.15) is 0 Å². The van der Waals surface area contributed by atoms with Crippen molar-refractivity contribution in [3.8, 4) is 0 Å². The molecule has 0 radical (unpaired) electrons. The number of hydrogen-bond acceptors (Lipinski definition) is 2. The molecule has 3 heteroatoms. The molecule has 0 heterocycles. The number of fused-ring (bicyclic) bond motifs is 3. The van der Waals surface area contributed by atoms with Gasteiger partial charge in [0.25, 0.3) is 0 Å². The van der Waals surface area contributed by atoms with Gasteiger partial charge in [-0.05, 0) is 60.7 Å². The monoisotopic (exact) mass is 306 g/mol. The highest BCUT2D eigenvalue weighted by Gasteiger charge is 2.55. The van der Waals surface area contributed by atoms with Crippen molar-refractivity contribution in [1.82, 2.24) is 0 Å². The lowest BCUT2D eigenvalue weighted by molar-refractivity contribution is -0.133. The van der Waals surface area contributed by atoms with E-state index in [9.17, 15) is 15.0 Å². The lowest BCUT2D eigenvalue weighted by Crippen LogP contribution is -2.53. The first kappa shape index (κ1) is 16.0. The van der Waals surface area contributed by atoms with E-state index in [1.54, 1.807) is 0 Å². The highest BCUT2D eigenvalue weighted by molar-refractivity contribution is 5.86. The maximum Gasteiger partial charge on any atom is 0.331 e. The zero-order valence-corrected chi connectivity index (χ0v) is 14.1. The summed E-state index contributed by atoms with van der Waals surface area (Å²) in [5, 5.41) is 19.9. The topological polar surface area (TPSA) is 57.5 Å². The molecule has 3 aliphatic carbocycles. The third kappa shape index (κ3) is 2.42. The number of allylic oxidation sites excluding steroid dienone is 1. The largest absolute Gasteiger partial charge is 0.478 e. The van der Waals surface area contributed by atoms with Gasteiger partial charge < -0.3 is 10.2 Å². The van der Waals surface area contributed by atoms with Crippen LogP contribution in [0, 0.1) is 28.6 Å². The summed E-state index contributed by atoms with van der Waals surface area (Å²) >= 11 is 0. The SMILES string of the molecule is CC1(C)CCCC2(C)C3CC=C(C(=O)O)CC(O)C3CCC12. The fourth-order valence-electron chi connectivity index (χ4n) is 6.19. The highest BCUT2D eigenvalue weighted by Crippen LogP contribution is 2.63. The van der Waals surface area contributed by atoms with Gasteiger partial charge in [-0.15, -0.1) is 0 Å². The Labute approximate surface area is 133 Å². The smallest absolute Gasteiger partial charge is 0.331 e. The molecule has 3 rings (SSSR count). The second kappa shape index (κ2) is 5.36. The van der Waals surface area contributed by atoms with Crippen molar-refractivity contribution >= 4 is 5.97 Å². The molecule has 3 aliphatic rings. The summed E-state index contributed by atoms with van der Waals surface area (Å²) in [6, 6.07) is 0. The van der Waals surface area contributed by atoms with Crippen LogP contribution in [0.1, 0.15) is 65.7 Å². The molecule has 2 N–H and O–H groups in total. The molecular weight excluding hydrogens is 276 g/mol. The summed E-state index contributed by atoms with van der Waals surface area (Å²) in [5.41, 5.74) is 1.03. The minimum Gasteiger partial charge on any atom is -0.478 e. The molecule has 0 amide bonds. The summed E-state index contributed by atoms with van der Waals surface area (Å²) < 4.78 is 0. The van der Waals surface area contributed by atoms with E-state index in [1.807, 2.05) is 6.08 Å². The zero-order chi connectivity index (χ0) is 16.1. The summed E-state index contributed by atoms with van der Waals surface area (Å²) in [5.74, 6) is 0.534. The number of carboxylic acid groups (broad SMARTS) is 1. The molecule has 124 valence electrons. The lowest BCUT2D eigenvalue weighted by Gasteiger charge is -2.59. The van der Waals surface area contributed by atoms with Crippen LogP contribution in [0.5, 0.6) is 0 Å². The van der Waals surface area contributed by atoms with Gasteiger partial charge in [-0.25, -0.2) is 4.79 Å². The van der Waals surface area contributed by atoms with E-state index in [2.05, 4.69) is 20.8 Å². The minimum atomic E-state index is -0.858. The van der Waals surface area contributed by atoms with E-state index in [4.69, 9.17) is 0 Å². The van der Waals surface area contributed by atoms with Crippen molar-refractivity contribution in [2.24, 2.45) is 28.6 Å². The van der Waals surface area contributed by atoms with E-state index in [-0.39, 0.29) is 11.3 Å². The second-order valence-corrected chi connectivity index (χ2v) is 8.79. The number of rotatable bonds is 1. The van der Waals surface area contributed by atoms with Gasteiger partial charge in [-0.3, -0.25) is 0 Å². The Morgan fingerprint density at radius 2 is 1.95 bits per heavy atom. The van der Waals surface area contributed by atoms with Crippen LogP contribution in [0.15, 0.2) is 11.6 Å². The highest BCUT2D eigenvalue weighted by atomic mass is 16.4. The first-order chi connectivity index (χ1) is 10.3. The number of carbonyl (C=O) groups is 1. The van der Waals surface area contributed by atoms with E-state index in [1.165, 1.54) is 25.7 Å². The van der Waals surface area contributed by atoms with Crippen molar-refractivity contribution < 1.29 is 15.0 Å². The third-order valence-corrected chi connectivity index (χ3v) is 7.24. The van der Waals surface area contributed by atoms with E-state index < -0.39 is 12.1 Å². The molecule has 5 atom stereocenters.